The highest BCUT2D eigenvalue weighted by Gasteiger charge is 2.15. The molecular weight excluding hydrogens is 326 g/mol. The summed E-state index contributed by atoms with van der Waals surface area (Å²) >= 11 is 0. The maximum absolute atomic E-state index is 12.7. The highest BCUT2D eigenvalue weighted by atomic mass is 19.3. The second-order valence-corrected chi connectivity index (χ2v) is 5.44. The number of alkyl halides is 2. The van der Waals surface area contributed by atoms with Crippen LogP contribution in [0.1, 0.15) is 12.0 Å². The van der Waals surface area contributed by atoms with Gasteiger partial charge in [-0.1, -0.05) is 54.6 Å². The topological polar surface area (TPSA) is 44.1 Å². The Kier molecular flexibility index (Phi) is 4.88. The molecule has 0 bridgehead atoms. The summed E-state index contributed by atoms with van der Waals surface area (Å²) in [6, 6.07) is 17.3. The molecule has 0 N–H and O–H groups in total. The molecule has 1 heterocycles. The zero-order valence-corrected chi connectivity index (χ0v) is 13.5. The van der Waals surface area contributed by atoms with Crippen molar-refractivity contribution in [2.45, 2.75) is 13.0 Å². The van der Waals surface area contributed by atoms with Crippen molar-refractivity contribution in [3.63, 3.8) is 0 Å². The van der Waals surface area contributed by atoms with Crippen molar-refractivity contribution in [2.24, 2.45) is 0 Å². The summed E-state index contributed by atoms with van der Waals surface area (Å²) < 4.78 is 31.7. The molecule has 25 heavy (non-hydrogen) atoms. The van der Waals surface area contributed by atoms with Crippen molar-refractivity contribution in [3.8, 4) is 22.5 Å². The Bertz CT molecular complexity index is 859. The summed E-state index contributed by atoms with van der Waals surface area (Å²) in [5.74, 6) is -0.417. The maximum atomic E-state index is 12.7. The van der Waals surface area contributed by atoms with Crippen LogP contribution in [0.25, 0.3) is 22.5 Å². The molecule has 4 nitrogen and oxygen atoms in total. The number of aromatic nitrogens is 2. The molecular formula is C19H16F2N2O2. The average Bonchev–Trinajstić information content (AvgIpc) is 3.06. The summed E-state index contributed by atoms with van der Waals surface area (Å²) in [6.07, 6.45) is -2.51. The Morgan fingerprint density at radius 3 is 2.36 bits per heavy atom. The van der Waals surface area contributed by atoms with Crippen LogP contribution in [0, 0.1) is 0 Å². The Balaban J connectivity index is 2.02. The molecule has 0 saturated carbocycles. The Morgan fingerprint density at radius 2 is 1.76 bits per heavy atom. The number of halogens is 2. The van der Waals surface area contributed by atoms with Crippen LogP contribution in [0.4, 0.5) is 8.78 Å². The summed E-state index contributed by atoms with van der Waals surface area (Å²) in [4.78, 5) is 11.7. The Labute approximate surface area is 143 Å². The van der Waals surface area contributed by atoms with Gasteiger partial charge in [-0.2, -0.15) is 5.10 Å². The van der Waals surface area contributed by atoms with Crippen molar-refractivity contribution in [1.29, 1.82) is 0 Å². The molecule has 128 valence electrons. The van der Waals surface area contributed by atoms with Gasteiger partial charge in [0, 0.05) is 11.1 Å². The van der Waals surface area contributed by atoms with Gasteiger partial charge in [-0.3, -0.25) is 9.48 Å². The van der Waals surface area contributed by atoms with E-state index in [2.05, 4.69) is 5.10 Å². The predicted octanol–water partition coefficient (Wildman–Crippen LogP) is 4.33. The highest BCUT2D eigenvalue weighted by molar-refractivity contribution is 5.73. The molecule has 0 fully saturated rings. The van der Waals surface area contributed by atoms with Crippen LogP contribution in [-0.4, -0.2) is 22.9 Å². The molecule has 0 aliphatic carbocycles. The molecule has 0 spiro atoms. The smallest absolute Gasteiger partial charge is 0.327 e. The molecule has 0 amide bonds. The van der Waals surface area contributed by atoms with E-state index in [0.717, 1.165) is 11.3 Å². The number of rotatable bonds is 5. The van der Waals surface area contributed by atoms with E-state index < -0.39 is 12.4 Å². The number of carbonyl (C=O) groups is 1. The van der Waals surface area contributed by atoms with Crippen molar-refractivity contribution >= 4 is 5.97 Å². The summed E-state index contributed by atoms with van der Waals surface area (Å²) in [6.45, 7) is -0.0319. The van der Waals surface area contributed by atoms with E-state index in [4.69, 9.17) is 4.74 Å². The van der Waals surface area contributed by atoms with Gasteiger partial charge in [0.25, 0.3) is 6.43 Å². The van der Waals surface area contributed by atoms with Crippen molar-refractivity contribution < 1.29 is 18.3 Å². The first-order chi connectivity index (χ1) is 12.1. The standard InChI is InChI=1S/C19H16F2N2O2/c1-25-18(24)12-23-17(14-5-3-2-4-6-14)11-16(22-23)13-7-9-15(10-8-13)19(20)21/h2-11,19H,12H2,1H3. The Hall–Kier alpha value is -3.02. The lowest BCUT2D eigenvalue weighted by Gasteiger charge is -2.05. The minimum atomic E-state index is -2.51. The fraction of sp³-hybridized carbons (Fsp3) is 0.158. The molecule has 0 aliphatic rings. The summed E-state index contributed by atoms with van der Waals surface area (Å²) in [7, 11) is 1.32. The molecule has 0 atom stereocenters. The van der Waals surface area contributed by atoms with Crippen molar-refractivity contribution in [2.75, 3.05) is 7.11 Å². The van der Waals surface area contributed by atoms with Crippen LogP contribution in [0.3, 0.4) is 0 Å². The number of esters is 1. The average molecular weight is 342 g/mol. The quantitative estimate of drug-likeness (QED) is 0.648. The number of hydrogen-bond donors (Lipinski definition) is 0. The number of hydrogen-bond acceptors (Lipinski definition) is 3. The number of nitrogens with zero attached hydrogens (tertiary/aromatic N) is 2. The van der Waals surface area contributed by atoms with Crippen LogP contribution >= 0.6 is 0 Å². The van der Waals surface area contributed by atoms with E-state index in [9.17, 15) is 13.6 Å². The SMILES string of the molecule is COC(=O)Cn1nc(-c2ccc(C(F)F)cc2)cc1-c1ccccc1. The molecule has 3 rings (SSSR count). The second-order valence-electron chi connectivity index (χ2n) is 5.44. The summed E-state index contributed by atoms with van der Waals surface area (Å²) in [5, 5.41) is 4.45. The first-order valence-corrected chi connectivity index (χ1v) is 7.67. The van der Waals surface area contributed by atoms with E-state index in [0.29, 0.717) is 11.3 Å². The van der Waals surface area contributed by atoms with Crippen LogP contribution in [0.5, 0.6) is 0 Å². The fourth-order valence-corrected chi connectivity index (χ4v) is 2.51. The van der Waals surface area contributed by atoms with E-state index in [-0.39, 0.29) is 12.1 Å². The van der Waals surface area contributed by atoms with Gasteiger partial charge in [0.2, 0.25) is 0 Å². The minimum Gasteiger partial charge on any atom is -0.468 e. The molecule has 0 radical (unpaired) electrons. The van der Waals surface area contributed by atoms with Gasteiger partial charge in [-0.05, 0) is 11.6 Å². The second kappa shape index (κ2) is 7.25. The third kappa shape index (κ3) is 3.74. The first-order valence-electron chi connectivity index (χ1n) is 7.67. The van der Waals surface area contributed by atoms with Crippen LogP contribution in [-0.2, 0) is 16.1 Å². The van der Waals surface area contributed by atoms with E-state index in [1.165, 1.54) is 19.2 Å². The van der Waals surface area contributed by atoms with Crippen LogP contribution in [0.15, 0.2) is 60.7 Å². The van der Waals surface area contributed by atoms with Gasteiger partial charge in [0.15, 0.2) is 0 Å². The van der Waals surface area contributed by atoms with E-state index >= 15 is 0 Å². The van der Waals surface area contributed by atoms with Gasteiger partial charge < -0.3 is 4.74 Å². The zero-order valence-electron chi connectivity index (χ0n) is 13.5. The maximum Gasteiger partial charge on any atom is 0.327 e. The summed E-state index contributed by atoms with van der Waals surface area (Å²) in [5.41, 5.74) is 2.91. The predicted molar refractivity (Wildman–Crippen MR) is 90.1 cm³/mol. The van der Waals surface area contributed by atoms with Crippen LogP contribution in [0.2, 0.25) is 0 Å². The fourth-order valence-electron chi connectivity index (χ4n) is 2.51. The van der Waals surface area contributed by atoms with Gasteiger partial charge in [0.05, 0.1) is 18.5 Å². The molecule has 2 aromatic carbocycles. The van der Waals surface area contributed by atoms with E-state index in [1.54, 1.807) is 16.8 Å². The first kappa shape index (κ1) is 16.8. The molecule has 0 unspecified atom stereocenters. The number of methoxy groups -OCH3 is 1. The number of benzene rings is 2. The lowest BCUT2D eigenvalue weighted by molar-refractivity contribution is -0.141. The normalized spacial score (nSPS) is 10.9. The monoisotopic (exact) mass is 342 g/mol. The third-order valence-electron chi connectivity index (χ3n) is 3.81. The van der Waals surface area contributed by atoms with Gasteiger partial charge >= 0.3 is 5.97 Å². The van der Waals surface area contributed by atoms with E-state index in [1.807, 2.05) is 36.4 Å². The largest absolute Gasteiger partial charge is 0.468 e. The van der Waals surface area contributed by atoms with Crippen LogP contribution < -0.4 is 0 Å². The molecule has 0 saturated heterocycles. The van der Waals surface area contributed by atoms with Crippen molar-refractivity contribution in [3.05, 3.63) is 66.2 Å². The molecule has 3 aromatic rings. The lowest BCUT2D eigenvalue weighted by Crippen LogP contribution is -2.13. The number of carbonyl (C=O) groups excluding carboxylic acids is 1. The van der Waals surface area contributed by atoms with Gasteiger partial charge in [0.1, 0.15) is 6.54 Å². The Morgan fingerprint density at radius 1 is 1.08 bits per heavy atom. The number of ether oxygens (including phenoxy) is 1. The molecule has 0 aliphatic heterocycles. The molecule has 1 aromatic heterocycles. The highest BCUT2D eigenvalue weighted by Crippen LogP contribution is 2.28. The lowest BCUT2D eigenvalue weighted by atomic mass is 10.1. The molecule has 6 heteroatoms. The third-order valence-corrected chi connectivity index (χ3v) is 3.81. The zero-order chi connectivity index (χ0) is 17.8. The van der Waals surface area contributed by atoms with Crippen molar-refractivity contribution in [1.82, 2.24) is 9.78 Å². The van der Waals surface area contributed by atoms with Gasteiger partial charge in [-0.15, -0.1) is 0 Å². The van der Waals surface area contributed by atoms with Gasteiger partial charge in [-0.25, -0.2) is 8.78 Å². The minimum absolute atomic E-state index is 0.0319.